The molecule has 1 amide bonds. The number of rotatable bonds is 4. The molecule has 0 unspecified atom stereocenters. The average Bonchev–Trinajstić information content (AvgIpc) is 3.16. The number of hydrogen-bond acceptors (Lipinski definition) is 3. The van der Waals surface area contributed by atoms with Gasteiger partial charge in [0.05, 0.1) is 19.3 Å². The highest BCUT2D eigenvalue weighted by atomic mass is 16.5. The van der Waals surface area contributed by atoms with Crippen LogP contribution in [0.1, 0.15) is 46.7 Å². The van der Waals surface area contributed by atoms with Gasteiger partial charge in [0.15, 0.2) is 0 Å². The van der Waals surface area contributed by atoms with E-state index in [-0.39, 0.29) is 5.91 Å². The van der Waals surface area contributed by atoms with Gasteiger partial charge in [-0.25, -0.2) is 0 Å². The number of benzene rings is 1. The Hall–Kier alpha value is -2.76. The number of amides is 1. The highest BCUT2D eigenvalue weighted by Gasteiger charge is 2.20. The van der Waals surface area contributed by atoms with Gasteiger partial charge in [0, 0.05) is 23.6 Å². The van der Waals surface area contributed by atoms with Crippen LogP contribution in [0.15, 0.2) is 24.3 Å². The molecule has 0 radical (unpaired) electrons. The molecule has 0 bridgehead atoms. The van der Waals surface area contributed by atoms with Crippen molar-refractivity contribution in [3.05, 3.63) is 46.9 Å². The van der Waals surface area contributed by atoms with Gasteiger partial charge in [0.1, 0.15) is 11.4 Å². The highest BCUT2D eigenvalue weighted by molar-refractivity contribution is 5.98. The zero-order chi connectivity index (χ0) is 18.1. The smallest absolute Gasteiger partial charge is 0.270 e. The zero-order valence-electron chi connectivity index (χ0n) is 15.3. The second kappa shape index (κ2) is 6.86. The summed E-state index contributed by atoms with van der Waals surface area (Å²) in [5.74, 6) is 0.744. The van der Waals surface area contributed by atoms with E-state index in [0.29, 0.717) is 12.2 Å². The number of hydrogen-bond donors (Lipinski definition) is 2. The number of ether oxygens (including phenoxy) is 1. The van der Waals surface area contributed by atoms with E-state index in [4.69, 9.17) is 4.74 Å². The molecule has 6 heteroatoms. The normalized spacial score (nSPS) is 14.1. The van der Waals surface area contributed by atoms with Crippen molar-refractivity contribution in [3.8, 4) is 5.75 Å². The van der Waals surface area contributed by atoms with Crippen molar-refractivity contribution in [2.75, 3.05) is 14.2 Å². The number of aromatic amines is 2. The van der Waals surface area contributed by atoms with Crippen LogP contribution in [0, 0.1) is 0 Å². The quantitative estimate of drug-likeness (QED) is 0.707. The van der Waals surface area contributed by atoms with E-state index in [1.54, 1.807) is 12.0 Å². The fourth-order valence-electron chi connectivity index (χ4n) is 3.71. The molecule has 1 aliphatic rings. The number of aryl methyl sites for hydroxylation is 1. The first-order chi connectivity index (χ1) is 12.7. The van der Waals surface area contributed by atoms with E-state index in [1.807, 2.05) is 31.3 Å². The monoisotopic (exact) mass is 352 g/mol. The number of nitrogens with zero attached hydrogens (tertiary/aromatic N) is 2. The maximum atomic E-state index is 12.9. The minimum Gasteiger partial charge on any atom is -0.497 e. The van der Waals surface area contributed by atoms with Gasteiger partial charge in [-0.15, -0.1) is 0 Å². The Morgan fingerprint density at radius 3 is 2.92 bits per heavy atom. The van der Waals surface area contributed by atoms with E-state index in [0.717, 1.165) is 35.2 Å². The van der Waals surface area contributed by atoms with Crippen molar-refractivity contribution >= 4 is 16.8 Å². The van der Waals surface area contributed by atoms with Crippen molar-refractivity contribution < 1.29 is 9.53 Å². The van der Waals surface area contributed by atoms with Gasteiger partial charge in [-0.3, -0.25) is 9.89 Å². The molecule has 0 saturated heterocycles. The van der Waals surface area contributed by atoms with Crippen LogP contribution in [0.2, 0.25) is 0 Å². The van der Waals surface area contributed by atoms with Gasteiger partial charge in [-0.1, -0.05) is 6.42 Å². The molecule has 4 rings (SSSR count). The lowest BCUT2D eigenvalue weighted by Crippen LogP contribution is -2.27. The van der Waals surface area contributed by atoms with E-state index in [1.165, 1.54) is 30.5 Å². The summed E-state index contributed by atoms with van der Waals surface area (Å²) in [4.78, 5) is 17.8. The van der Waals surface area contributed by atoms with Crippen LogP contribution in [0.5, 0.6) is 5.75 Å². The number of methoxy groups -OCH3 is 1. The molecule has 0 atom stereocenters. The second-order valence-corrected chi connectivity index (χ2v) is 6.99. The second-order valence-electron chi connectivity index (χ2n) is 6.99. The molecule has 0 saturated carbocycles. The molecule has 0 fully saturated rings. The number of carbonyl (C=O) groups is 1. The van der Waals surface area contributed by atoms with Crippen LogP contribution in [-0.4, -0.2) is 40.1 Å². The van der Waals surface area contributed by atoms with E-state index in [2.05, 4.69) is 15.2 Å². The standard InChI is InChI=1S/C20H24N4O2/c1-24(12-19-15-6-4-3-5-7-17(15)22-23-19)20(25)18-11-13-10-14(26-2)8-9-16(13)21-18/h8-11,21H,3-7,12H2,1-2H3,(H,22,23). The fourth-order valence-corrected chi connectivity index (χ4v) is 3.71. The summed E-state index contributed by atoms with van der Waals surface area (Å²) in [7, 11) is 3.46. The zero-order valence-corrected chi connectivity index (χ0v) is 15.3. The first-order valence-corrected chi connectivity index (χ1v) is 9.13. The summed E-state index contributed by atoms with van der Waals surface area (Å²) in [6, 6.07) is 7.62. The number of nitrogens with one attached hydrogen (secondary N) is 2. The lowest BCUT2D eigenvalue weighted by Gasteiger charge is -2.16. The number of H-pyrrole nitrogens is 2. The molecule has 136 valence electrons. The molecule has 3 aromatic rings. The minimum absolute atomic E-state index is 0.0365. The summed E-state index contributed by atoms with van der Waals surface area (Å²) in [6.45, 7) is 0.517. The Bertz CT molecular complexity index is 941. The third-order valence-corrected chi connectivity index (χ3v) is 5.18. The third-order valence-electron chi connectivity index (χ3n) is 5.18. The Labute approximate surface area is 152 Å². The summed E-state index contributed by atoms with van der Waals surface area (Å²) >= 11 is 0. The lowest BCUT2D eigenvalue weighted by molar-refractivity contribution is 0.0778. The number of aromatic nitrogens is 3. The van der Waals surface area contributed by atoms with Crippen molar-refractivity contribution in [3.63, 3.8) is 0 Å². The minimum atomic E-state index is -0.0365. The first-order valence-electron chi connectivity index (χ1n) is 9.13. The summed E-state index contributed by atoms with van der Waals surface area (Å²) in [5.41, 5.74) is 5.06. The Balaban J connectivity index is 1.54. The topological polar surface area (TPSA) is 74.0 Å². The number of carbonyl (C=O) groups excluding carboxylic acids is 1. The van der Waals surface area contributed by atoms with Gasteiger partial charge < -0.3 is 14.6 Å². The van der Waals surface area contributed by atoms with E-state index >= 15 is 0 Å². The molecule has 6 nitrogen and oxygen atoms in total. The van der Waals surface area contributed by atoms with E-state index < -0.39 is 0 Å². The summed E-state index contributed by atoms with van der Waals surface area (Å²) < 4.78 is 5.25. The van der Waals surface area contributed by atoms with Gasteiger partial charge in [0.25, 0.3) is 5.91 Å². The van der Waals surface area contributed by atoms with Gasteiger partial charge >= 0.3 is 0 Å². The molecule has 1 aromatic carbocycles. The van der Waals surface area contributed by atoms with Crippen LogP contribution in [0.4, 0.5) is 0 Å². The van der Waals surface area contributed by atoms with Crippen molar-refractivity contribution in [2.24, 2.45) is 0 Å². The lowest BCUT2D eigenvalue weighted by atomic mass is 10.1. The molecule has 2 aromatic heterocycles. The molecule has 26 heavy (non-hydrogen) atoms. The van der Waals surface area contributed by atoms with Crippen molar-refractivity contribution in [1.82, 2.24) is 20.1 Å². The Morgan fingerprint density at radius 1 is 1.23 bits per heavy atom. The molecule has 2 heterocycles. The predicted octanol–water partition coefficient (Wildman–Crippen LogP) is 3.44. The van der Waals surface area contributed by atoms with E-state index in [9.17, 15) is 4.79 Å². The third kappa shape index (κ3) is 3.07. The predicted molar refractivity (Wildman–Crippen MR) is 100 cm³/mol. The van der Waals surface area contributed by atoms with Crippen LogP contribution in [-0.2, 0) is 19.4 Å². The Morgan fingerprint density at radius 2 is 2.08 bits per heavy atom. The number of fused-ring (bicyclic) bond motifs is 2. The highest BCUT2D eigenvalue weighted by Crippen LogP contribution is 2.24. The van der Waals surface area contributed by atoms with Crippen LogP contribution in [0.25, 0.3) is 10.9 Å². The molecule has 0 spiro atoms. The maximum absolute atomic E-state index is 12.9. The SMILES string of the molecule is COc1ccc2[nH]c(C(=O)N(C)Cc3n[nH]c4c3CCCCC4)cc2c1. The van der Waals surface area contributed by atoms with Crippen LogP contribution >= 0.6 is 0 Å². The molecular formula is C20H24N4O2. The van der Waals surface area contributed by atoms with Crippen LogP contribution in [0.3, 0.4) is 0 Å². The van der Waals surface area contributed by atoms with Gasteiger partial charge in [-0.05, 0) is 55.5 Å². The summed E-state index contributed by atoms with van der Waals surface area (Å²) in [5, 5.41) is 8.62. The fraction of sp³-hybridized carbons (Fsp3) is 0.400. The summed E-state index contributed by atoms with van der Waals surface area (Å²) in [6.07, 6.45) is 5.78. The average molecular weight is 352 g/mol. The maximum Gasteiger partial charge on any atom is 0.270 e. The van der Waals surface area contributed by atoms with Crippen LogP contribution < -0.4 is 4.74 Å². The Kier molecular flexibility index (Phi) is 4.41. The molecule has 1 aliphatic carbocycles. The van der Waals surface area contributed by atoms with Gasteiger partial charge in [-0.2, -0.15) is 5.10 Å². The van der Waals surface area contributed by atoms with Crippen molar-refractivity contribution in [1.29, 1.82) is 0 Å². The first kappa shape index (κ1) is 16.7. The van der Waals surface area contributed by atoms with Gasteiger partial charge in [0.2, 0.25) is 0 Å². The molecule has 0 aliphatic heterocycles. The van der Waals surface area contributed by atoms with Crippen molar-refractivity contribution in [2.45, 2.75) is 38.6 Å². The largest absolute Gasteiger partial charge is 0.497 e. The molecule has 2 N–H and O–H groups in total. The molecular weight excluding hydrogens is 328 g/mol.